The third-order valence-corrected chi connectivity index (χ3v) is 2.88. The van der Waals surface area contributed by atoms with Crippen LogP contribution in [0.25, 0.3) is 0 Å². The van der Waals surface area contributed by atoms with E-state index in [2.05, 4.69) is 24.1 Å². The van der Waals surface area contributed by atoms with Crippen LogP contribution in [0.1, 0.15) is 19.4 Å². The summed E-state index contributed by atoms with van der Waals surface area (Å²) in [6.07, 6.45) is 1.82. The highest BCUT2D eigenvalue weighted by Gasteiger charge is 2.12. The monoisotopic (exact) mass is 294 g/mol. The maximum atomic E-state index is 11.2. The zero-order valence-corrected chi connectivity index (χ0v) is 13.1. The van der Waals surface area contributed by atoms with E-state index in [0.29, 0.717) is 12.5 Å². The summed E-state index contributed by atoms with van der Waals surface area (Å²) in [7, 11) is 1.68. The Morgan fingerprint density at radius 3 is 2.76 bits per heavy atom. The van der Waals surface area contributed by atoms with Crippen molar-refractivity contribution in [1.82, 2.24) is 10.3 Å². The number of rotatable bonds is 10. The Hall–Kier alpha value is -1.66. The van der Waals surface area contributed by atoms with Crippen molar-refractivity contribution in [2.75, 3.05) is 38.3 Å². The average molecular weight is 294 g/mol. The molecule has 0 aliphatic carbocycles. The van der Waals surface area contributed by atoms with Crippen LogP contribution in [0.4, 0.5) is 5.82 Å². The van der Waals surface area contributed by atoms with Crippen LogP contribution in [-0.2, 0) is 16.1 Å². The highest BCUT2D eigenvalue weighted by atomic mass is 16.5. The number of anilines is 1. The Morgan fingerprint density at radius 2 is 2.24 bits per heavy atom. The van der Waals surface area contributed by atoms with Crippen molar-refractivity contribution in [2.24, 2.45) is 11.7 Å². The SMILES string of the molecule is COCCNCc1ccc(N(CC(N)=O)CC(C)C)nc1. The molecule has 1 aromatic heterocycles. The van der Waals surface area contributed by atoms with E-state index < -0.39 is 0 Å². The van der Waals surface area contributed by atoms with Crippen molar-refractivity contribution in [2.45, 2.75) is 20.4 Å². The van der Waals surface area contributed by atoms with Gasteiger partial charge >= 0.3 is 0 Å². The maximum absolute atomic E-state index is 11.2. The van der Waals surface area contributed by atoms with Crippen molar-refractivity contribution < 1.29 is 9.53 Å². The number of nitrogens with zero attached hydrogens (tertiary/aromatic N) is 2. The lowest BCUT2D eigenvalue weighted by molar-refractivity contribution is -0.116. The maximum Gasteiger partial charge on any atom is 0.236 e. The van der Waals surface area contributed by atoms with Crippen molar-refractivity contribution in [3.05, 3.63) is 23.9 Å². The van der Waals surface area contributed by atoms with Crippen molar-refractivity contribution >= 4 is 11.7 Å². The van der Waals surface area contributed by atoms with Crippen molar-refractivity contribution in [3.63, 3.8) is 0 Å². The standard InChI is InChI=1S/C15H26N4O2/c1-12(2)10-19(11-14(16)20)15-5-4-13(9-18-15)8-17-6-7-21-3/h4-5,9,12,17H,6-8,10-11H2,1-3H3,(H2,16,20). The second kappa shape index (κ2) is 9.31. The lowest BCUT2D eigenvalue weighted by Gasteiger charge is -2.24. The number of methoxy groups -OCH3 is 1. The molecular formula is C15H26N4O2. The molecule has 0 aliphatic rings. The number of nitrogens with one attached hydrogen (secondary N) is 1. The third kappa shape index (κ3) is 7.06. The first-order chi connectivity index (χ1) is 10.0. The largest absolute Gasteiger partial charge is 0.383 e. The third-order valence-electron chi connectivity index (χ3n) is 2.88. The van der Waals surface area contributed by atoms with Gasteiger partial charge in [-0.1, -0.05) is 19.9 Å². The van der Waals surface area contributed by atoms with Crippen LogP contribution in [-0.4, -0.2) is 44.2 Å². The van der Waals surface area contributed by atoms with Gasteiger partial charge in [-0.05, 0) is 17.5 Å². The molecular weight excluding hydrogens is 268 g/mol. The number of hydrogen-bond acceptors (Lipinski definition) is 5. The van der Waals surface area contributed by atoms with Gasteiger partial charge in [-0.3, -0.25) is 4.79 Å². The topological polar surface area (TPSA) is 80.5 Å². The number of carbonyl (C=O) groups is 1. The first-order valence-corrected chi connectivity index (χ1v) is 7.20. The summed E-state index contributed by atoms with van der Waals surface area (Å²) in [4.78, 5) is 17.5. The molecule has 6 nitrogen and oxygen atoms in total. The lowest BCUT2D eigenvalue weighted by atomic mass is 10.2. The van der Waals surface area contributed by atoms with Crippen LogP contribution in [0.15, 0.2) is 18.3 Å². The molecule has 1 amide bonds. The minimum atomic E-state index is -0.345. The molecule has 21 heavy (non-hydrogen) atoms. The first kappa shape index (κ1) is 17.4. The quantitative estimate of drug-likeness (QED) is 0.623. The Balaban J connectivity index is 2.61. The summed E-state index contributed by atoms with van der Waals surface area (Å²) in [6.45, 7) is 7.38. The van der Waals surface area contributed by atoms with Gasteiger partial charge in [0.25, 0.3) is 0 Å². The number of hydrogen-bond donors (Lipinski definition) is 2. The minimum Gasteiger partial charge on any atom is -0.383 e. The van der Waals surface area contributed by atoms with Gasteiger partial charge in [-0.15, -0.1) is 0 Å². The van der Waals surface area contributed by atoms with Gasteiger partial charge in [-0.2, -0.15) is 0 Å². The van der Waals surface area contributed by atoms with E-state index in [-0.39, 0.29) is 12.5 Å². The summed E-state index contributed by atoms with van der Waals surface area (Å²) in [5.74, 6) is 0.868. The number of ether oxygens (including phenoxy) is 1. The van der Waals surface area contributed by atoms with Gasteiger partial charge < -0.3 is 20.7 Å². The van der Waals surface area contributed by atoms with Gasteiger partial charge in [-0.25, -0.2) is 4.98 Å². The van der Waals surface area contributed by atoms with Crippen LogP contribution in [0.3, 0.4) is 0 Å². The normalized spacial score (nSPS) is 10.9. The fourth-order valence-electron chi connectivity index (χ4n) is 1.98. The molecule has 1 rings (SSSR count). The molecule has 0 unspecified atom stereocenters. The Morgan fingerprint density at radius 1 is 1.48 bits per heavy atom. The second-order valence-corrected chi connectivity index (χ2v) is 5.43. The van der Waals surface area contributed by atoms with Crippen LogP contribution >= 0.6 is 0 Å². The fourth-order valence-corrected chi connectivity index (χ4v) is 1.98. The number of amides is 1. The number of primary amides is 1. The molecule has 0 bridgehead atoms. The molecule has 3 N–H and O–H groups in total. The van der Waals surface area contributed by atoms with Gasteiger partial charge in [0.05, 0.1) is 13.2 Å². The Labute approximate surface area is 126 Å². The molecule has 0 fully saturated rings. The first-order valence-electron chi connectivity index (χ1n) is 7.20. The molecule has 0 spiro atoms. The zero-order valence-electron chi connectivity index (χ0n) is 13.1. The highest BCUT2D eigenvalue weighted by molar-refractivity contribution is 5.79. The molecule has 0 aromatic carbocycles. The van der Waals surface area contributed by atoms with Crippen molar-refractivity contribution in [3.8, 4) is 0 Å². The molecule has 0 saturated heterocycles. The highest BCUT2D eigenvalue weighted by Crippen LogP contribution is 2.13. The Kier molecular flexibility index (Phi) is 7.71. The molecule has 6 heteroatoms. The van der Waals surface area contributed by atoms with Crippen LogP contribution in [0.5, 0.6) is 0 Å². The average Bonchev–Trinajstić information content (AvgIpc) is 2.42. The second-order valence-electron chi connectivity index (χ2n) is 5.43. The minimum absolute atomic E-state index is 0.191. The van der Waals surface area contributed by atoms with E-state index in [1.165, 1.54) is 0 Å². The lowest BCUT2D eigenvalue weighted by Crippen LogP contribution is -2.36. The van der Waals surface area contributed by atoms with Crippen LogP contribution in [0, 0.1) is 5.92 Å². The van der Waals surface area contributed by atoms with E-state index in [0.717, 1.165) is 31.0 Å². The predicted octanol–water partition coefficient (Wildman–Crippen LogP) is 0.765. The molecule has 0 aliphatic heterocycles. The van der Waals surface area contributed by atoms with E-state index in [4.69, 9.17) is 10.5 Å². The summed E-state index contributed by atoms with van der Waals surface area (Å²) in [5, 5.41) is 3.26. The number of pyridine rings is 1. The Bertz CT molecular complexity index is 420. The molecule has 0 saturated carbocycles. The molecule has 118 valence electrons. The van der Waals surface area contributed by atoms with E-state index in [1.54, 1.807) is 7.11 Å². The van der Waals surface area contributed by atoms with Gasteiger partial charge in [0, 0.05) is 32.9 Å². The number of carbonyl (C=O) groups excluding carboxylic acids is 1. The summed E-state index contributed by atoms with van der Waals surface area (Å²) >= 11 is 0. The van der Waals surface area contributed by atoms with Crippen LogP contribution in [0.2, 0.25) is 0 Å². The summed E-state index contributed by atoms with van der Waals surface area (Å²) < 4.78 is 4.98. The number of aromatic nitrogens is 1. The molecule has 1 aromatic rings. The van der Waals surface area contributed by atoms with Gasteiger partial charge in [0.2, 0.25) is 5.91 Å². The van der Waals surface area contributed by atoms with Gasteiger partial charge in [0.1, 0.15) is 5.82 Å². The van der Waals surface area contributed by atoms with E-state index in [9.17, 15) is 4.79 Å². The smallest absolute Gasteiger partial charge is 0.236 e. The van der Waals surface area contributed by atoms with Crippen molar-refractivity contribution in [1.29, 1.82) is 0 Å². The molecule has 1 heterocycles. The summed E-state index contributed by atoms with van der Waals surface area (Å²) in [6, 6.07) is 3.94. The molecule has 0 radical (unpaired) electrons. The molecule has 0 atom stereocenters. The van der Waals surface area contributed by atoms with Crippen LogP contribution < -0.4 is 16.0 Å². The van der Waals surface area contributed by atoms with Gasteiger partial charge in [0.15, 0.2) is 0 Å². The fraction of sp³-hybridized carbons (Fsp3) is 0.600. The van der Waals surface area contributed by atoms with E-state index in [1.807, 2.05) is 23.2 Å². The number of nitrogens with two attached hydrogens (primary N) is 1. The zero-order chi connectivity index (χ0) is 15.7. The predicted molar refractivity (Wildman–Crippen MR) is 84.1 cm³/mol. The summed E-state index contributed by atoms with van der Waals surface area (Å²) in [5.41, 5.74) is 6.40. The van der Waals surface area contributed by atoms with E-state index >= 15 is 0 Å².